The van der Waals surface area contributed by atoms with Gasteiger partial charge in [0, 0.05) is 33.3 Å². The van der Waals surface area contributed by atoms with E-state index in [4.69, 9.17) is 9.97 Å². The number of nitrogens with zero attached hydrogens (tertiary/aromatic N) is 5. The van der Waals surface area contributed by atoms with E-state index in [9.17, 15) is 0 Å². The van der Waals surface area contributed by atoms with Crippen molar-refractivity contribution >= 4 is 67.0 Å². The van der Waals surface area contributed by atoms with Gasteiger partial charge in [-0.1, -0.05) is 121 Å². The van der Waals surface area contributed by atoms with Gasteiger partial charge in [-0.3, -0.25) is 9.13 Å². The van der Waals surface area contributed by atoms with Crippen LogP contribution in [0.3, 0.4) is 0 Å². The third-order valence-electron chi connectivity index (χ3n) is 14.0. The fourth-order valence-corrected chi connectivity index (χ4v) is 11.4. The van der Waals surface area contributed by atoms with Gasteiger partial charge in [-0.25, -0.2) is 9.97 Å². The zero-order valence-corrected chi connectivity index (χ0v) is 35.7. The first-order valence-corrected chi connectivity index (χ1v) is 21.7. The number of aromatic nitrogens is 5. The summed E-state index contributed by atoms with van der Waals surface area (Å²) in [5.41, 5.74) is 26.1. The molecule has 3 aromatic heterocycles. The van der Waals surface area contributed by atoms with Crippen LogP contribution in [0.1, 0.15) is 33.4 Å². The summed E-state index contributed by atoms with van der Waals surface area (Å²) in [5.74, 6) is 1.96. The Morgan fingerprint density at radius 3 is 1.63 bits per heavy atom. The predicted octanol–water partition coefficient (Wildman–Crippen LogP) is 11.5. The van der Waals surface area contributed by atoms with Gasteiger partial charge in [0.15, 0.2) is 0 Å². The zero-order valence-electron chi connectivity index (χ0n) is 35.7. The smallest absolute Gasteiger partial charge is 0.252 e. The first-order chi connectivity index (χ1) is 30.3. The first-order valence-electron chi connectivity index (χ1n) is 21.7. The Bertz CT molecular complexity index is 3710. The fraction of sp³-hybridized carbons (Fsp3) is 0.107. The molecule has 5 heterocycles. The summed E-state index contributed by atoms with van der Waals surface area (Å²) in [6.45, 7) is 13.3. The summed E-state index contributed by atoms with van der Waals surface area (Å²) in [4.78, 5) is 11.6. The largest absolute Gasteiger partial charge is 0.307 e. The molecule has 0 aliphatic carbocycles. The van der Waals surface area contributed by atoms with Crippen LogP contribution in [0.15, 0.2) is 146 Å². The molecule has 0 radical (unpaired) electrons. The third-order valence-corrected chi connectivity index (χ3v) is 14.0. The summed E-state index contributed by atoms with van der Waals surface area (Å²) < 4.78 is 7.50. The predicted molar refractivity (Wildman–Crippen MR) is 259 cm³/mol. The highest BCUT2D eigenvalue weighted by molar-refractivity contribution is 7.00. The van der Waals surface area contributed by atoms with Crippen LogP contribution in [0.5, 0.6) is 0 Å². The molecule has 62 heavy (non-hydrogen) atoms. The molecule has 2 aliphatic rings. The fourth-order valence-electron chi connectivity index (χ4n) is 11.4. The summed E-state index contributed by atoms with van der Waals surface area (Å²) in [6.07, 6.45) is 0. The molecular formula is C56H42BN5. The summed E-state index contributed by atoms with van der Waals surface area (Å²) in [6, 6.07) is 53.8. The van der Waals surface area contributed by atoms with Crippen molar-refractivity contribution in [1.29, 1.82) is 0 Å². The van der Waals surface area contributed by atoms with Crippen LogP contribution in [-0.4, -0.2) is 30.4 Å². The van der Waals surface area contributed by atoms with Crippen LogP contribution in [-0.2, 0) is 0 Å². The molecule has 8 aromatic carbocycles. The molecule has 0 saturated carbocycles. The van der Waals surface area contributed by atoms with Crippen molar-refractivity contribution in [3.63, 3.8) is 0 Å². The van der Waals surface area contributed by atoms with Gasteiger partial charge in [0.1, 0.15) is 17.2 Å². The van der Waals surface area contributed by atoms with Crippen LogP contribution in [0.4, 0.5) is 0 Å². The number of benzene rings is 8. The molecule has 0 unspecified atom stereocenters. The second kappa shape index (κ2) is 12.6. The molecule has 5 nitrogen and oxygen atoms in total. The number of hydrogen-bond acceptors (Lipinski definition) is 2. The SMILES string of the molecule is Cc1cccc(C)c1-c1nc2cc(-c3ccccc3)cc3c2n1-c1cccc2c1B3c1cc3c4ccccc4n(-c4c(C)cccc4C)c3c3nc(-c4c(C)cccc4C)n-2c13. The van der Waals surface area contributed by atoms with Gasteiger partial charge >= 0.3 is 0 Å². The molecule has 6 heteroatoms. The average molecular weight is 796 g/mol. The van der Waals surface area contributed by atoms with E-state index in [0.29, 0.717) is 0 Å². The summed E-state index contributed by atoms with van der Waals surface area (Å²) in [5, 5.41) is 2.45. The molecule has 0 saturated heterocycles. The summed E-state index contributed by atoms with van der Waals surface area (Å²) >= 11 is 0. The Hall–Kier alpha value is -7.44. The van der Waals surface area contributed by atoms with Gasteiger partial charge in [0.25, 0.3) is 6.71 Å². The Balaban J connectivity index is 1.26. The number of fused-ring (bicyclic) bond motifs is 8. The molecule has 0 bridgehead atoms. The lowest BCUT2D eigenvalue weighted by atomic mass is 9.34. The monoisotopic (exact) mass is 795 g/mol. The molecule has 0 amide bonds. The minimum Gasteiger partial charge on any atom is -0.307 e. The minimum atomic E-state index is -0.0772. The van der Waals surface area contributed by atoms with Gasteiger partial charge in [-0.2, -0.15) is 0 Å². The molecule has 294 valence electrons. The van der Waals surface area contributed by atoms with Crippen LogP contribution in [0, 0.1) is 41.5 Å². The Labute approximate surface area is 360 Å². The maximum Gasteiger partial charge on any atom is 0.252 e. The molecule has 0 N–H and O–H groups in total. The van der Waals surface area contributed by atoms with Crippen molar-refractivity contribution in [1.82, 2.24) is 23.7 Å². The number of para-hydroxylation sites is 2. The molecule has 0 atom stereocenters. The second-order valence-corrected chi connectivity index (χ2v) is 17.7. The topological polar surface area (TPSA) is 40.6 Å². The van der Waals surface area contributed by atoms with E-state index in [1.807, 2.05) is 0 Å². The van der Waals surface area contributed by atoms with E-state index < -0.39 is 0 Å². The Morgan fingerprint density at radius 1 is 0.419 bits per heavy atom. The van der Waals surface area contributed by atoms with Crippen molar-refractivity contribution in [3.05, 3.63) is 179 Å². The van der Waals surface area contributed by atoms with Crippen molar-refractivity contribution in [2.45, 2.75) is 41.5 Å². The number of rotatable bonds is 4. The van der Waals surface area contributed by atoms with Crippen LogP contribution in [0.25, 0.3) is 94.8 Å². The van der Waals surface area contributed by atoms with E-state index in [0.717, 1.165) is 28.2 Å². The van der Waals surface area contributed by atoms with E-state index in [2.05, 4.69) is 201 Å². The van der Waals surface area contributed by atoms with Crippen LogP contribution < -0.4 is 16.4 Å². The van der Waals surface area contributed by atoms with Gasteiger partial charge < -0.3 is 4.57 Å². The van der Waals surface area contributed by atoms with E-state index in [1.54, 1.807) is 0 Å². The van der Waals surface area contributed by atoms with Crippen molar-refractivity contribution in [2.75, 3.05) is 0 Å². The number of aryl methyl sites for hydroxylation is 6. The lowest BCUT2D eigenvalue weighted by molar-refractivity contribution is 1.07. The van der Waals surface area contributed by atoms with Crippen molar-refractivity contribution in [2.24, 2.45) is 0 Å². The lowest BCUT2D eigenvalue weighted by Gasteiger charge is -2.34. The van der Waals surface area contributed by atoms with E-state index in [1.165, 1.54) is 116 Å². The molecule has 0 fully saturated rings. The zero-order chi connectivity index (χ0) is 41.7. The number of hydrogen-bond donors (Lipinski definition) is 0. The quantitative estimate of drug-likeness (QED) is 0.167. The van der Waals surface area contributed by atoms with E-state index >= 15 is 0 Å². The lowest BCUT2D eigenvalue weighted by Crippen LogP contribution is -2.59. The van der Waals surface area contributed by atoms with Gasteiger partial charge in [0.05, 0.1) is 33.3 Å². The second-order valence-electron chi connectivity index (χ2n) is 17.7. The highest BCUT2D eigenvalue weighted by atomic mass is 15.1. The number of imidazole rings is 2. The van der Waals surface area contributed by atoms with Crippen LogP contribution >= 0.6 is 0 Å². The molecule has 0 spiro atoms. The van der Waals surface area contributed by atoms with Crippen LogP contribution in [0.2, 0.25) is 0 Å². The van der Waals surface area contributed by atoms with Crippen molar-refractivity contribution < 1.29 is 0 Å². The third kappa shape index (κ3) is 4.53. The van der Waals surface area contributed by atoms with Crippen molar-refractivity contribution in [3.8, 4) is 51.0 Å². The van der Waals surface area contributed by atoms with Gasteiger partial charge in [-0.15, -0.1) is 0 Å². The maximum atomic E-state index is 5.93. The Morgan fingerprint density at radius 2 is 0.968 bits per heavy atom. The summed E-state index contributed by atoms with van der Waals surface area (Å²) in [7, 11) is 0. The molecular weight excluding hydrogens is 753 g/mol. The standard InChI is InChI=1S/C56H42BN5/c1-31-16-12-17-32(2)47(31)55-58-43-29-38(37-22-8-7-9-23-37)28-41-53(43)61(55)45-26-15-27-46-49(45)57(41)42-30-40-39-24-10-11-25-44(39)60(51-35(5)20-14-21-36(51)6)52(40)50-54(42)62(46)56(59-50)48-33(3)18-13-19-34(48)4/h7-30H,1-6H3. The Kier molecular flexibility index (Phi) is 7.16. The normalized spacial score (nSPS) is 12.6. The highest BCUT2D eigenvalue weighted by Crippen LogP contribution is 2.44. The van der Waals surface area contributed by atoms with E-state index in [-0.39, 0.29) is 6.71 Å². The highest BCUT2D eigenvalue weighted by Gasteiger charge is 2.43. The minimum absolute atomic E-state index is 0.0772. The van der Waals surface area contributed by atoms with Gasteiger partial charge in [-0.05, 0) is 127 Å². The molecule has 13 rings (SSSR count). The average Bonchev–Trinajstić information content (AvgIpc) is 3.95. The molecule has 11 aromatic rings. The van der Waals surface area contributed by atoms with Gasteiger partial charge in [0.2, 0.25) is 0 Å². The first kappa shape index (κ1) is 35.3. The molecule has 2 aliphatic heterocycles. The maximum absolute atomic E-state index is 5.93.